The number of benzene rings is 1. The van der Waals surface area contributed by atoms with Gasteiger partial charge in [0.25, 0.3) is 0 Å². The van der Waals surface area contributed by atoms with Gasteiger partial charge in [0, 0.05) is 19.2 Å². The molecule has 2 amide bonds. The lowest BCUT2D eigenvalue weighted by Gasteiger charge is -2.17. The number of rotatable bonds is 4. The summed E-state index contributed by atoms with van der Waals surface area (Å²) in [4.78, 5) is 24.8. The van der Waals surface area contributed by atoms with Crippen LogP contribution in [0.3, 0.4) is 0 Å². The first-order chi connectivity index (χ1) is 8.85. The summed E-state index contributed by atoms with van der Waals surface area (Å²) < 4.78 is 0. The van der Waals surface area contributed by atoms with Crippen molar-refractivity contribution in [1.29, 1.82) is 0 Å². The summed E-state index contributed by atoms with van der Waals surface area (Å²) in [5, 5.41) is 2.88. The van der Waals surface area contributed by atoms with Gasteiger partial charge >= 0.3 is 0 Å². The Morgan fingerprint density at radius 1 is 1.16 bits per heavy atom. The van der Waals surface area contributed by atoms with E-state index in [2.05, 4.69) is 5.32 Å². The van der Waals surface area contributed by atoms with Crippen LogP contribution in [0.2, 0.25) is 0 Å². The van der Waals surface area contributed by atoms with E-state index in [-0.39, 0.29) is 18.4 Å². The Morgan fingerprint density at radius 3 is 2.16 bits per heavy atom. The molecule has 1 N–H and O–H groups in total. The van der Waals surface area contributed by atoms with Crippen LogP contribution < -0.4 is 5.32 Å². The van der Waals surface area contributed by atoms with E-state index in [0.717, 1.165) is 16.8 Å². The Bertz CT molecular complexity index is 472. The number of aryl methyl sites for hydroxylation is 3. The highest BCUT2D eigenvalue weighted by Gasteiger charge is 2.13. The fourth-order valence-corrected chi connectivity index (χ4v) is 2.13. The van der Waals surface area contributed by atoms with Gasteiger partial charge in [-0.05, 0) is 31.9 Å². The van der Waals surface area contributed by atoms with E-state index in [1.807, 2.05) is 32.9 Å². The predicted molar refractivity (Wildman–Crippen MR) is 77.2 cm³/mol. The molecule has 0 saturated heterocycles. The van der Waals surface area contributed by atoms with Gasteiger partial charge in [0.1, 0.15) is 0 Å². The molecule has 0 aromatic heterocycles. The highest BCUT2D eigenvalue weighted by Crippen LogP contribution is 2.21. The van der Waals surface area contributed by atoms with Crippen LogP contribution in [0, 0.1) is 20.8 Å². The lowest BCUT2D eigenvalue weighted by Crippen LogP contribution is -2.34. The second kappa shape index (κ2) is 6.36. The summed E-state index contributed by atoms with van der Waals surface area (Å²) in [7, 11) is 1.64. The minimum Gasteiger partial charge on any atom is -0.336 e. The third kappa shape index (κ3) is 4.09. The number of nitrogens with one attached hydrogen (secondary N) is 1. The Labute approximate surface area is 114 Å². The Hall–Kier alpha value is -1.84. The van der Waals surface area contributed by atoms with Crippen LogP contribution in [0.4, 0.5) is 5.69 Å². The fraction of sp³-hybridized carbons (Fsp3) is 0.467. The summed E-state index contributed by atoms with van der Waals surface area (Å²) >= 11 is 0. The van der Waals surface area contributed by atoms with Crippen LogP contribution >= 0.6 is 0 Å². The van der Waals surface area contributed by atoms with Gasteiger partial charge in [-0.15, -0.1) is 0 Å². The van der Waals surface area contributed by atoms with Crippen LogP contribution in [0.1, 0.15) is 30.0 Å². The molecule has 0 aliphatic heterocycles. The van der Waals surface area contributed by atoms with Crippen molar-refractivity contribution >= 4 is 17.5 Å². The summed E-state index contributed by atoms with van der Waals surface area (Å²) in [5.74, 6) is -0.202. The van der Waals surface area contributed by atoms with Gasteiger partial charge in [0.05, 0.1) is 6.54 Å². The highest BCUT2D eigenvalue weighted by atomic mass is 16.2. The quantitative estimate of drug-likeness (QED) is 0.906. The van der Waals surface area contributed by atoms with Gasteiger partial charge in [-0.3, -0.25) is 9.59 Å². The molecule has 0 saturated carbocycles. The monoisotopic (exact) mass is 262 g/mol. The Balaban J connectivity index is 2.75. The lowest BCUT2D eigenvalue weighted by atomic mass is 10.1. The average molecular weight is 262 g/mol. The summed E-state index contributed by atoms with van der Waals surface area (Å²) in [6.45, 7) is 7.83. The molecule has 1 aromatic carbocycles. The van der Waals surface area contributed by atoms with Crippen molar-refractivity contribution in [2.75, 3.05) is 18.9 Å². The van der Waals surface area contributed by atoms with Gasteiger partial charge in [0.15, 0.2) is 0 Å². The molecule has 1 aromatic rings. The van der Waals surface area contributed by atoms with Gasteiger partial charge in [0.2, 0.25) is 11.8 Å². The molecule has 0 heterocycles. The molecule has 104 valence electrons. The number of carbonyl (C=O) groups is 2. The molecule has 0 spiro atoms. The molecule has 0 aliphatic carbocycles. The zero-order chi connectivity index (χ0) is 14.6. The van der Waals surface area contributed by atoms with Gasteiger partial charge < -0.3 is 10.2 Å². The van der Waals surface area contributed by atoms with Crippen molar-refractivity contribution in [2.24, 2.45) is 0 Å². The average Bonchev–Trinajstić information content (AvgIpc) is 2.32. The number of hydrogen-bond donors (Lipinski definition) is 1. The zero-order valence-electron chi connectivity index (χ0n) is 12.3. The maximum absolute atomic E-state index is 11.9. The minimum absolute atomic E-state index is 0.0347. The van der Waals surface area contributed by atoms with Gasteiger partial charge in [-0.1, -0.05) is 24.6 Å². The van der Waals surface area contributed by atoms with Crippen molar-refractivity contribution in [2.45, 2.75) is 34.1 Å². The molecular weight excluding hydrogens is 240 g/mol. The van der Waals surface area contributed by atoms with E-state index in [1.165, 1.54) is 10.5 Å². The second-order valence-electron chi connectivity index (χ2n) is 4.93. The summed E-state index contributed by atoms with van der Waals surface area (Å²) in [6.07, 6.45) is 0.409. The largest absolute Gasteiger partial charge is 0.336 e. The van der Waals surface area contributed by atoms with Crippen LogP contribution in [-0.4, -0.2) is 30.3 Å². The van der Waals surface area contributed by atoms with Crippen LogP contribution in [0.5, 0.6) is 0 Å². The van der Waals surface area contributed by atoms with Crippen LogP contribution in [-0.2, 0) is 9.59 Å². The molecular formula is C15H22N2O2. The topological polar surface area (TPSA) is 49.4 Å². The molecule has 4 heteroatoms. The molecule has 0 radical (unpaired) electrons. The number of anilines is 1. The number of likely N-dealkylation sites (N-methyl/N-ethyl adjacent to an activating group) is 1. The second-order valence-corrected chi connectivity index (χ2v) is 4.93. The number of amides is 2. The van der Waals surface area contributed by atoms with Crippen molar-refractivity contribution in [3.63, 3.8) is 0 Å². The molecule has 0 unspecified atom stereocenters. The molecule has 0 aliphatic rings. The van der Waals surface area contributed by atoms with Crippen molar-refractivity contribution in [3.05, 3.63) is 28.8 Å². The Morgan fingerprint density at radius 2 is 1.68 bits per heavy atom. The van der Waals surface area contributed by atoms with Crippen LogP contribution in [0.15, 0.2) is 12.1 Å². The first kappa shape index (κ1) is 15.2. The molecule has 0 atom stereocenters. The SMILES string of the molecule is CCC(=O)N(C)CC(=O)Nc1c(C)cc(C)cc1C. The van der Waals surface area contributed by atoms with E-state index in [1.54, 1.807) is 14.0 Å². The third-order valence-electron chi connectivity index (χ3n) is 3.05. The first-order valence-corrected chi connectivity index (χ1v) is 6.46. The van der Waals surface area contributed by atoms with Crippen molar-refractivity contribution in [3.8, 4) is 0 Å². The Kier molecular flexibility index (Phi) is 5.10. The van der Waals surface area contributed by atoms with Gasteiger partial charge in [-0.25, -0.2) is 0 Å². The number of carbonyl (C=O) groups excluding carboxylic acids is 2. The molecule has 4 nitrogen and oxygen atoms in total. The zero-order valence-corrected chi connectivity index (χ0v) is 12.3. The molecule has 1 rings (SSSR count). The fourth-order valence-electron chi connectivity index (χ4n) is 2.13. The maximum atomic E-state index is 11.9. The molecule has 19 heavy (non-hydrogen) atoms. The van der Waals surface area contributed by atoms with Gasteiger partial charge in [-0.2, -0.15) is 0 Å². The predicted octanol–water partition coefficient (Wildman–Crippen LogP) is 2.42. The van der Waals surface area contributed by atoms with E-state index < -0.39 is 0 Å². The van der Waals surface area contributed by atoms with E-state index >= 15 is 0 Å². The molecule has 0 bridgehead atoms. The third-order valence-corrected chi connectivity index (χ3v) is 3.05. The van der Waals surface area contributed by atoms with Crippen molar-refractivity contribution in [1.82, 2.24) is 4.90 Å². The summed E-state index contributed by atoms with van der Waals surface area (Å²) in [5.41, 5.74) is 4.09. The van der Waals surface area contributed by atoms with E-state index in [9.17, 15) is 9.59 Å². The van der Waals surface area contributed by atoms with Crippen LogP contribution in [0.25, 0.3) is 0 Å². The molecule has 0 fully saturated rings. The number of nitrogens with zero attached hydrogens (tertiary/aromatic N) is 1. The minimum atomic E-state index is -0.167. The maximum Gasteiger partial charge on any atom is 0.243 e. The normalized spacial score (nSPS) is 10.2. The number of hydrogen-bond acceptors (Lipinski definition) is 2. The standard InChI is InChI=1S/C15H22N2O2/c1-6-14(19)17(5)9-13(18)16-15-11(3)7-10(2)8-12(15)4/h7-8H,6,9H2,1-5H3,(H,16,18). The first-order valence-electron chi connectivity index (χ1n) is 6.46. The smallest absolute Gasteiger partial charge is 0.243 e. The highest BCUT2D eigenvalue weighted by molar-refractivity contribution is 5.95. The summed E-state index contributed by atoms with van der Waals surface area (Å²) in [6, 6.07) is 4.06. The van der Waals surface area contributed by atoms with E-state index in [4.69, 9.17) is 0 Å². The lowest BCUT2D eigenvalue weighted by molar-refractivity contribution is -0.133. The van der Waals surface area contributed by atoms with Crippen molar-refractivity contribution < 1.29 is 9.59 Å². The van der Waals surface area contributed by atoms with E-state index in [0.29, 0.717) is 6.42 Å².